The summed E-state index contributed by atoms with van der Waals surface area (Å²) in [6.07, 6.45) is 3.04. The number of hydrogen-bond donors (Lipinski definition) is 2. The SMILES string of the molecule is CCCC1=C(C#N)C(c2ccccc2Cl)/C(=C/N)C(=N)N1C. The lowest BCUT2D eigenvalue weighted by molar-refractivity contribution is 0.546. The molecule has 1 aromatic carbocycles. The molecule has 1 atom stereocenters. The first-order valence-corrected chi connectivity index (χ1v) is 7.56. The molecule has 0 spiro atoms. The van der Waals surface area contributed by atoms with Crippen molar-refractivity contribution in [1.29, 1.82) is 10.7 Å². The maximum atomic E-state index is 9.71. The van der Waals surface area contributed by atoms with Gasteiger partial charge in [-0.15, -0.1) is 0 Å². The summed E-state index contributed by atoms with van der Waals surface area (Å²) in [5, 5.41) is 18.7. The van der Waals surface area contributed by atoms with Crippen LogP contribution in [0.1, 0.15) is 31.2 Å². The van der Waals surface area contributed by atoms with Crippen LogP contribution in [0.25, 0.3) is 0 Å². The van der Waals surface area contributed by atoms with Crippen molar-refractivity contribution < 1.29 is 0 Å². The van der Waals surface area contributed by atoms with Gasteiger partial charge in [0.05, 0.1) is 17.6 Å². The van der Waals surface area contributed by atoms with E-state index in [1.807, 2.05) is 18.2 Å². The zero-order valence-corrected chi connectivity index (χ0v) is 13.5. The molecule has 22 heavy (non-hydrogen) atoms. The van der Waals surface area contributed by atoms with Gasteiger partial charge < -0.3 is 10.6 Å². The van der Waals surface area contributed by atoms with Crippen LogP contribution in [-0.4, -0.2) is 17.8 Å². The number of nitrogens with zero attached hydrogens (tertiary/aromatic N) is 2. The van der Waals surface area contributed by atoms with Gasteiger partial charge in [0.25, 0.3) is 0 Å². The second kappa shape index (κ2) is 6.67. The van der Waals surface area contributed by atoms with Crippen LogP contribution in [0.15, 0.2) is 47.3 Å². The zero-order chi connectivity index (χ0) is 16.3. The van der Waals surface area contributed by atoms with E-state index in [9.17, 15) is 5.26 Å². The van der Waals surface area contributed by atoms with Crippen LogP contribution in [0.5, 0.6) is 0 Å². The standard InChI is InChI=1S/C17H19ClN4/c1-3-6-15-12(9-19)16(11-7-4-5-8-14(11)18)13(10-20)17(21)22(15)2/h4-5,7-8,10,16,21H,3,6,20H2,1-2H3/b13-10-,21-17?. The lowest BCUT2D eigenvalue weighted by Crippen LogP contribution is -2.36. The monoisotopic (exact) mass is 314 g/mol. The molecule has 114 valence electrons. The Morgan fingerprint density at radius 1 is 1.45 bits per heavy atom. The van der Waals surface area contributed by atoms with Crippen molar-refractivity contribution in [2.24, 2.45) is 5.73 Å². The normalized spacial score (nSPS) is 20.5. The highest BCUT2D eigenvalue weighted by Crippen LogP contribution is 2.42. The Hall–Kier alpha value is -2.25. The Morgan fingerprint density at radius 2 is 2.14 bits per heavy atom. The first-order chi connectivity index (χ1) is 10.6. The van der Waals surface area contributed by atoms with Crippen LogP contribution in [0.2, 0.25) is 5.02 Å². The lowest BCUT2D eigenvalue weighted by Gasteiger charge is -2.36. The summed E-state index contributed by atoms with van der Waals surface area (Å²) < 4.78 is 0. The van der Waals surface area contributed by atoms with E-state index in [0.717, 1.165) is 24.1 Å². The molecule has 5 heteroatoms. The number of hydrogen-bond acceptors (Lipinski definition) is 3. The van der Waals surface area contributed by atoms with Crippen molar-refractivity contribution in [2.45, 2.75) is 25.7 Å². The van der Waals surface area contributed by atoms with Crippen molar-refractivity contribution in [3.05, 3.63) is 57.9 Å². The maximum Gasteiger partial charge on any atom is 0.130 e. The highest BCUT2D eigenvalue weighted by Gasteiger charge is 2.35. The van der Waals surface area contributed by atoms with Crippen molar-refractivity contribution >= 4 is 17.4 Å². The van der Waals surface area contributed by atoms with Crippen molar-refractivity contribution in [3.8, 4) is 6.07 Å². The molecule has 0 bridgehead atoms. The highest BCUT2D eigenvalue weighted by atomic mass is 35.5. The number of halogens is 1. The molecule has 1 unspecified atom stereocenters. The first kappa shape index (κ1) is 16.1. The number of amidine groups is 1. The average Bonchev–Trinajstić information content (AvgIpc) is 2.52. The van der Waals surface area contributed by atoms with Crippen LogP contribution < -0.4 is 5.73 Å². The summed E-state index contributed by atoms with van der Waals surface area (Å²) in [6.45, 7) is 2.05. The Labute approximate surface area is 136 Å². The van der Waals surface area contributed by atoms with E-state index in [1.54, 1.807) is 18.0 Å². The van der Waals surface area contributed by atoms with Crippen LogP contribution in [-0.2, 0) is 0 Å². The predicted octanol–water partition coefficient (Wildman–Crippen LogP) is 3.77. The summed E-state index contributed by atoms with van der Waals surface area (Å²) in [4.78, 5) is 1.74. The third-order valence-electron chi connectivity index (χ3n) is 3.93. The molecular formula is C17H19ClN4. The summed E-state index contributed by atoms with van der Waals surface area (Å²) in [5.41, 5.74) is 8.66. The molecule has 0 amide bonds. The second-order valence-electron chi connectivity index (χ2n) is 5.21. The van der Waals surface area contributed by atoms with Gasteiger partial charge in [0, 0.05) is 29.5 Å². The number of benzene rings is 1. The van der Waals surface area contributed by atoms with E-state index in [-0.39, 0.29) is 5.92 Å². The minimum atomic E-state index is -0.381. The van der Waals surface area contributed by atoms with Crippen molar-refractivity contribution in [3.63, 3.8) is 0 Å². The highest BCUT2D eigenvalue weighted by molar-refractivity contribution is 6.31. The Balaban J connectivity index is 2.74. The summed E-state index contributed by atoms with van der Waals surface area (Å²) >= 11 is 6.33. The number of rotatable bonds is 3. The summed E-state index contributed by atoms with van der Waals surface area (Å²) in [7, 11) is 1.80. The number of nitrogens with one attached hydrogen (secondary N) is 1. The van der Waals surface area contributed by atoms with Gasteiger partial charge in [0.1, 0.15) is 5.84 Å². The molecule has 0 fully saturated rings. The molecule has 1 aliphatic heterocycles. The maximum absolute atomic E-state index is 9.71. The molecule has 0 saturated carbocycles. The largest absolute Gasteiger partial charge is 0.404 e. The molecular weight excluding hydrogens is 296 g/mol. The topological polar surface area (TPSA) is 76.9 Å². The van der Waals surface area contributed by atoms with E-state index in [4.69, 9.17) is 22.7 Å². The quantitative estimate of drug-likeness (QED) is 0.891. The zero-order valence-electron chi connectivity index (χ0n) is 12.7. The van der Waals surface area contributed by atoms with Gasteiger partial charge in [-0.3, -0.25) is 5.41 Å². The number of likely N-dealkylation sites (N-methyl/N-ethyl adjacent to an activating group) is 1. The molecule has 1 aromatic rings. The van der Waals surface area contributed by atoms with E-state index in [2.05, 4.69) is 13.0 Å². The second-order valence-corrected chi connectivity index (χ2v) is 5.61. The number of nitrogens with two attached hydrogens (primary N) is 1. The number of allylic oxidation sites excluding steroid dienone is 2. The molecule has 0 aromatic heterocycles. The molecule has 0 saturated heterocycles. The fourth-order valence-corrected chi connectivity index (χ4v) is 3.09. The smallest absolute Gasteiger partial charge is 0.130 e. The van der Waals surface area contributed by atoms with E-state index < -0.39 is 0 Å². The number of nitriles is 1. The van der Waals surface area contributed by atoms with E-state index >= 15 is 0 Å². The van der Waals surface area contributed by atoms with E-state index in [0.29, 0.717) is 22.0 Å². The van der Waals surface area contributed by atoms with Gasteiger partial charge in [0.15, 0.2) is 0 Å². The molecule has 2 rings (SSSR count). The van der Waals surface area contributed by atoms with Gasteiger partial charge >= 0.3 is 0 Å². The lowest BCUT2D eigenvalue weighted by atomic mass is 9.80. The van der Waals surface area contributed by atoms with E-state index in [1.165, 1.54) is 6.20 Å². The third-order valence-corrected chi connectivity index (χ3v) is 4.27. The van der Waals surface area contributed by atoms with Crippen molar-refractivity contribution in [1.82, 2.24) is 4.90 Å². The molecule has 1 aliphatic rings. The summed E-state index contributed by atoms with van der Waals surface area (Å²) in [6, 6.07) is 9.72. The minimum Gasteiger partial charge on any atom is -0.404 e. The Morgan fingerprint density at radius 3 is 2.68 bits per heavy atom. The third kappa shape index (κ3) is 2.60. The van der Waals surface area contributed by atoms with Crippen LogP contribution in [0, 0.1) is 16.7 Å². The predicted molar refractivity (Wildman–Crippen MR) is 89.5 cm³/mol. The molecule has 3 N–H and O–H groups in total. The fraction of sp³-hybridized carbons (Fsp3) is 0.294. The van der Waals surface area contributed by atoms with Crippen LogP contribution >= 0.6 is 11.6 Å². The summed E-state index contributed by atoms with van der Waals surface area (Å²) in [5.74, 6) is -0.0659. The van der Waals surface area contributed by atoms with Crippen LogP contribution in [0.4, 0.5) is 0 Å². The van der Waals surface area contributed by atoms with Gasteiger partial charge in [-0.2, -0.15) is 5.26 Å². The van der Waals surface area contributed by atoms with Gasteiger partial charge in [0.2, 0.25) is 0 Å². The fourth-order valence-electron chi connectivity index (χ4n) is 2.84. The molecule has 0 radical (unpaired) electrons. The molecule has 4 nitrogen and oxygen atoms in total. The van der Waals surface area contributed by atoms with Gasteiger partial charge in [-0.05, 0) is 18.1 Å². The van der Waals surface area contributed by atoms with Crippen LogP contribution in [0.3, 0.4) is 0 Å². The minimum absolute atomic E-state index is 0.315. The van der Waals surface area contributed by atoms with Gasteiger partial charge in [-0.25, -0.2) is 0 Å². The average molecular weight is 315 g/mol. The Bertz CT molecular complexity index is 697. The van der Waals surface area contributed by atoms with Crippen molar-refractivity contribution in [2.75, 3.05) is 7.05 Å². The van der Waals surface area contributed by atoms with Gasteiger partial charge in [-0.1, -0.05) is 43.1 Å². The molecule has 1 heterocycles. The Kier molecular flexibility index (Phi) is 4.89. The first-order valence-electron chi connectivity index (χ1n) is 7.18. The molecule has 0 aliphatic carbocycles.